The molecule has 7 heteroatoms. The summed E-state index contributed by atoms with van der Waals surface area (Å²) >= 11 is 1.16. The first-order valence-electron chi connectivity index (χ1n) is 6.43. The topological polar surface area (TPSA) is 79.5 Å². The highest BCUT2D eigenvalue weighted by Crippen LogP contribution is 2.17. The fraction of sp³-hybridized carbons (Fsp3) is 0.286. The Morgan fingerprint density at radius 3 is 2.90 bits per heavy atom. The molecule has 0 spiro atoms. The minimum absolute atomic E-state index is 0.215. The van der Waals surface area contributed by atoms with E-state index in [1.54, 1.807) is 29.8 Å². The van der Waals surface area contributed by atoms with Crippen LogP contribution in [-0.4, -0.2) is 38.5 Å². The summed E-state index contributed by atoms with van der Waals surface area (Å²) in [6, 6.07) is 6.86. The summed E-state index contributed by atoms with van der Waals surface area (Å²) in [6.07, 6.45) is 4.31. The standard InChI is InChI=1S/C14H17NO4S2/c16-12(11-21(17,18)14-6-3-9-20-14)10-15-7-1-4-13-5-2-8-19-13/h1-6,8-9,12,15-16H,7,10-11H2/b4-1+. The van der Waals surface area contributed by atoms with E-state index in [1.165, 1.54) is 0 Å². The zero-order valence-electron chi connectivity index (χ0n) is 11.3. The monoisotopic (exact) mass is 327 g/mol. The van der Waals surface area contributed by atoms with Crippen LogP contribution in [0.2, 0.25) is 0 Å². The number of aliphatic hydroxyl groups is 1. The number of rotatable bonds is 8. The molecule has 1 atom stereocenters. The molecule has 21 heavy (non-hydrogen) atoms. The van der Waals surface area contributed by atoms with Crippen molar-refractivity contribution in [2.24, 2.45) is 0 Å². The van der Waals surface area contributed by atoms with Crippen molar-refractivity contribution in [2.45, 2.75) is 10.3 Å². The van der Waals surface area contributed by atoms with Crippen LogP contribution < -0.4 is 5.32 Å². The van der Waals surface area contributed by atoms with Gasteiger partial charge in [-0.05, 0) is 29.7 Å². The minimum Gasteiger partial charge on any atom is -0.465 e. The van der Waals surface area contributed by atoms with Gasteiger partial charge in [-0.2, -0.15) is 0 Å². The molecule has 2 heterocycles. The summed E-state index contributed by atoms with van der Waals surface area (Å²) in [4.78, 5) is 0. The fourth-order valence-electron chi connectivity index (χ4n) is 1.73. The Kier molecular flexibility index (Phi) is 5.75. The molecule has 0 bridgehead atoms. The average molecular weight is 327 g/mol. The third kappa shape index (κ3) is 5.13. The zero-order valence-corrected chi connectivity index (χ0v) is 12.9. The van der Waals surface area contributed by atoms with Crippen LogP contribution in [0.5, 0.6) is 0 Å². The molecular weight excluding hydrogens is 310 g/mol. The molecule has 5 nitrogen and oxygen atoms in total. The van der Waals surface area contributed by atoms with Gasteiger partial charge in [-0.1, -0.05) is 12.1 Å². The fourth-order valence-corrected chi connectivity index (χ4v) is 4.21. The van der Waals surface area contributed by atoms with Gasteiger partial charge in [0, 0.05) is 13.1 Å². The summed E-state index contributed by atoms with van der Waals surface area (Å²) in [7, 11) is -3.40. The van der Waals surface area contributed by atoms with Gasteiger partial charge in [0.1, 0.15) is 9.97 Å². The Labute approximate surface area is 127 Å². The molecule has 0 aliphatic rings. The summed E-state index contributed by atoms with van der Waals surface area (Å²) in [5, 5.41) is 14.5. The molecule has 2 N–H and O–H groups in total. The lowest BCUT2D eigenvalue weighted by atomic mass is 10.3. The number of aliphatic hydroxyl groups excluding tert-OH is 1. The molecule has 0 aliphatic carbocycles. The van der Waals surface area contributed by atoms with Crippen molar-refractivity contribution in [3.63, 3.8) is 0 Å². The molecule has 0 amide bonds. The molecule has 0 radical (unpaired) electrons. The van der Waals surface area contributed by atoms with Crippen molar-refractivity contribution in [3.8, 4) is 0 Å². The SMILES string of the molecule is O=S(=O)(CC(O)CNC/C=C/c1ccco1)c1cccs1. The van der Waals surface area contributed by atoms with Crippen molar-refractivity contribution >= 4 is 27.3 Å². The largest absolute Gasteiger partial charge is 0.465 e. The van der Waals surface area contributed by atoms with E-state index in [-0.39, 0.29) is 12.3 Å². The van der Waals surface area contributed by atoms with Gasteiger partial charge in [0.2, 0.25) is 0 Å². The lowest BCUT2D eigenvalue weighted by Crippen LogP contribution is -2.32. The van der Waals surface area contributed by atoms with E-state index in [1.807, 2.05) is 18.2 Å². The average Bonchev–Trinajstić information content (AvgIpc) is 3.11. The molecule has 0 fully saturated rings. The summed E-state index contributed by atoms with van der Waals surface area (Å²) < 4.78 is 29.3. The number of sulfone groups is 1. The first kappa shape index (κ1) is 16.0. The van der Waals surface area contributed by atoms with E-state index in [2.05, 4.69) is 5.32 Å². The Morgan fingerprint density at radius 2 is 2.24 bits per heavy atom. The smallest absolute Gasteiger partial charge is 0.190 e. The second-order valence-electron chi connectivity index (χ2n) is 4.44. The van der Waals surface area contributed by atoms with Gasteiger partial charge in [0.05, 0.1) is 18.1 Å². The van der Waals surface area contributed by atoms with Crippen LogP contribution in [0, 0.1) is 0 Å². The number of furan rings is 1. The van der Waals surface area contributed by atoms with Gasteiger partial charge >= 0.3 is 0 Å². The summed E-state index contributed by atoms with van der Waals surface area (Å²) in [5.41, 5.74) is 0. The number of hydrogen-bond donors (Lipinski definition) is 2. The molecule has 0 aliphatic heterocycles. The predicted octanol–water partition coefficient (Wildman–Crippen LogP) is 1.78. The third-order valence-electron chi connectivity index (χ3n) is 2.68. The highest BCUT2D eigenvalue weighted by molar-refractivity contribution is 7.93. The van der Waals surface area contributed by atoms with Crippen LogP contribution in [0.15, 0.2) is 50.6 Å². The molecule has 0 saturated heterocycles. The molecule has 2 aromatic rings. The normalized spacial score (nSPS) is 13.8. The molecule has 1 unspecified atom stereocenters. The molecule has 0 saturated carbocycles. The van der Waals surface area contributed by atoms with Crippen molar-refractivity contribution in [3.05, 3.63) is 47.7 Å². The van der Waals surface area contributed by atoms with Crippen molar-refractivity contribution in [2.75, 3.05) is 18.8 Å². The Balaban J connectivity index is 1.71. The minimum atomic E-state index is -3.40. The van der Waals surface area contributed by atoms with E-state index in [0.29, 0.717) is 10.8 Å². The lowest BCUT2D eigenvalue weighted by Gasteiger charge is -2.10. The predicted molar refractivity (Wildman–Crippen MR) is 83.0 cm³/mol. The quantitative estimate of drug-likeness (QED) is 0.723. The number of nitrogens with one attached hydrogen (secondary N) is 1. The Morgan fingerprint density at radius 1 is 1.38 bits per heavy atom. The van der Waals surface area contributed by atoms with Crippen LogP contribution in [0.3, 0.4) is 0 Å². The van der Waals surface area contributed by atoms with E-state index >= 15 is 0 Å². The van der Waals surface area contributed by atoms with Gasteiger partial charge in [-0.3, -0.25) is 0 Å². The van der Waals surface area contributed by atoms with Gasteiger partial charge in [0.15, 0.2) is 9.84 Å². The van der Waals surface area contributed by atoms with Crippen LogP contribution in [0.4, 0.5) is 0 Å². The van der Waals surface area contributed by atoms with Crippen molar-refractivity contribution in [1.29, 1.82) is 0 Å². The maximum Gasteiger partial charge on any atom is 0.190 e. The maximum absolute atomic E-state index is 11.9. The van der Waals surface area contributed by atoms with E-state index in [4.69, 9.17) is 4.42 Å². The van der Waals surface area contributed by atoms with Gasteiger partial charge in [-0.15, -0.1) is 11.3 Å². The number of thiophene rings is 1. The van der Waals surface area contributed by atoms with Crippen LogP contribution in [0.25, 0.3) is 6.08 Å². The van der Waals surface area contributed by atoms with E-state index in [0.717, 1.165) is 17.1 Å². The highest BCUT2D eigenvalue weighted by Gasteiger charge is 2.20. The second-order valence-corrected chi connectivity index (χ2v) is 7.65. The summed E-state index contributed by atoms with van der Waals surface area (Å²) in [5.74, 6) is 0.472. The van der Waals surface area contributed by atoms with Crippen LogP contribution >= 0.6 is 11.3 Å². The van der Waals surface area contributed by atoms with Crippen LogP contribution in [0.1, 0.15) is 5.76 Å². The van der Waals surface area contributed by atoms with Crippen LogP contribution in [-0.2, 0) is 9.84 Å². The van der Waals surface area contributed by atoms with Gasteiger partial charge < -0.3 is 14.8 Å². The third-order valence-corrected chi connectivity index (χ3v) is 5.97. The van der Waals surface area contributed by atoms with Gasteiger partial charge in [0.25, 0.3) is 0 Å². The second kappa shape index (κ2) is 7.56. The molecular formula is C14H17NO4S2. The summed E-state index contributed by atoms with van der Waals surface area (Å²) in [6.45, 7) is 0.740. The van der Waals surface area contributed by atoms with Crippen molar-refractivity contribution < 1.29 is 17.9 Å². The number of hydrogen-bond acceptors (Lipinski definition) is 6. The lowest BCUT2D eigenvalue weighted by molar-refractivity contribution is 0.195. The highest BCUT2D eigenvalue weighted by atomic mass is 32.2. The molecule has 2 aromatic heterocycles. The van der Waals surface area contributed by atoms with Gasteiger partial charge in [-0.25, -0.2) is 8.42 Å². The Hall–Kier alpha value is -1.41. The Bertz CT molecular complexity index is 645. The molecule has 114 valence electrons. The van der Waals surface area contributed by atoms with E-state index < -0.39 is 15.9 Å². The maximum atomic E-state index is 11.9. The molecule has 0 aromatic carbocycles. The van der Waals surface area contributed by atoms with E-state index in [9.17, 15) is 13.5 Å². The zero-order chi connectivity index (χ0) is 15.1. The molecule has 2 rings (SSSR count). The van der Waals surface area contributed by atoms with Crippen molar-refractivity contribution in [1.82, 2.24) is 5.32 Å². The first-order chi connectivity index (χ1) is 10.1. The first-order valence-corrected chi connectivity index (χ1v) is 8.96.